The molecule has 2 aliphatic heterocycles. The summed E-state index contributed by atoms with van der Waals surface area (Å²) in [5.74, 6) is -0.984. The highest BCUT2D eigenvalue weighted by molar-refractivity contribution is 6.08. The number of benzene rings is 3. The molecule has 0 spiro atoms. The Labute approximate surface area is 177 Å². The molecule has 5 rings (SSSR count). The fraction of sp³-hybridized carbons (Fsp3) is 0.125. The van der Waals surface area contributed by atoms with Gasteiger partial charge in [0.1, 0.15) is 11.6 Å². The molecule has 0 aromatic heterocycles. The van der Waals surface area contributed by atoms with Gasteiger partial charge in [-0.05, 0) is 48.0 Å². The fourth-order valence-corrected chi connectivity index (χ4v) is 4.09. The first kappa shape index (κ1) is 18.8. The van der Waals surface area contributed by atoms with Gasteiger partial charge in [0.05, 0.1) is 42.1 Å². The number of fused-ring (bicyclic) bond motifs is 3. The zero-order valence-corrected chi connectivity index (χ0v) is 16.2. The SMILES string of the molecule is [C-]#[N+]c1ccc(N2N=C3c4ccc(C(=O)O)cc4OC[C@@H]3[C@@H]2c2ccc(F)cc2)cc1. The van der Waals surface area contributed by atoms with Crippen molar-refractivity contribution in [3.8, 4) is 5.75 Å². The summed E-state index contributed by atoms with van der Waals surface area (Å²) in [6, 6.07) is 18.0. The zero-order chi connectivity index (χ0) is 21.5. The quantitative estimate of drug-likeness (QED) is 0.611. The summed E-state index contributed by atoms with van der Waals surface area (Å²) in [5.41, 5.74) is 3.90. The summed E-state index contributed by atoms with van der Waals surface area (Å²) < 4.78 is 19.5. The second kappa shape index (κ2) is 7.26. The Morgan fingerprint density at radius 1 is 1.13 bits per heavy atom. The number of carboxylic acid groups (broad SMARTS) is 1. The van der Waals surface area contributed by atoms with Gasteiger partial charge >= 0.3 is 5.97 Å². The normalized spacial score (nSPS) is 19.0. The van der Waals surface area contributed by atoms with E-state index in [9.17, 15) is 14.3 Å². The number of aromatic carboxylic acids is 1. The molecule has 0 radical (unpaired) electrons. The molecule has 2 heterocycles. The molecule has 0 bridgehead atoms. The first-order valence-corrected chi connectivity index (χ1v) is 9.66. The smallest absolute Gasteiger partial charge is 0.335 e. The third-order valence-corrected chi connectivity index (χ3v) is 5.59. The number of halogens is 1. The summed E-state index contributed by atoms with van der Waals surface area (Å²) in [6.07, 6.45) is 0. The number of hydrazone groups is 1. The number of carbonyl (C=O) groups is 1. The number of anilines is 1. The molecule has 31 heavy (non-hydrogen) atoms. The van der Waals surface area contributed by atoms with Crippen LogP contribution in [0.25, 0.3) is 4.85 Å². The van der Waals surface area contributed by atoms with Crippen LogP contribution in [0.5, 0.6) is 5.75 Å². The summed E-state index contributed by atoms with van der Waals surface area (Å²) in [5, 5.41) is 16.0. The lowest BCUT2D eigenvalue weighted by Gasteiger charge is -2.30. The van der Waals surface area contributed by atoms with Gasteiger partial charge in [-0.2, -0.15) is 5.10 Å². The third-order valence-electron chi connectivity index (χ3n) is 5.59. The van der Waals surface area contributed by atoms with Crippen LogP contribution >= 0.6 is 0 Å². The van der Waals surface area contributed by atoms with Crippen molar-refractivity contribution in [2.75, 3.05) is 11.6 Å². The first-order valence-electron chi connectivity index (χ1n) is 9.66. The monoisotopic (exact) mass is 413 g/mol. The lowest BCUT2D eigenvalue weighted by Crippen LogP contribution is -2.33. The van der Waals surface area contributed by atoms with E-state index in [-0.39, 0.29) is 23.3 Å². The minimum Gasteiger partial charge on any atom is -0.492 e. The first-order chi connectivity index (χ1) is 15.0. The summed E-state index contributed by atoms with van der Waals surface area (Å²) in [6.45, 7) is 7.48. The molecule has 0 fully saturated rings. The lowest BCUT2D eigenvalue weighted by atomic mass is 9.85. The number of ether oxygens (including phenoxy) is 1. The Morgan fingerprint density at radius 3 is 2.55 bits per heavy atom. The Kier molecular flexibility index (Phi) is 4.41. The zero-order valence-electron chi connectivity index (χ0n) is 16.2. The molecule has 2 aliphatic rings. The lowest BCUT2D eigenvalue weighted by molar-refractivity contribution is 0.0696. The highest BCUT2D eigenvalue weighted by Gasteiger charge is 2.43. The van der Waals surface area contributed by atoms with Crippen LogP contribution in [0.3, 0.4) is 0 Å². The Hall–Kier alpha value is -4.18. The van der Waals surface area contributed by atoms with Gasteiger partial charge < -0.3 is 9.84 Å². The second-order valence-electron chi connectivity index (χ2n) is 7.39. The van der Waals surface area contributed by atoms with E-state index in [1.807, 2.05) is 17.1 Å². The van der Waals surface area contributed by atoms with Crippen LogP contribution in [0, 0.1) is 18.3 Å². The summed E-state index contributed by atoms with van der Waals surface area (Å²) in [4.78, 5) is 14.8. The summed E-state index contributed by atoms with van der Waals surface area (Å²) >= 11 is 0. The van der Waals surface area contributed by atoms with E-state index in [4.69, 9.17) is 16.4 Å². The number of nitrogens with zero attached hydrogens (tertiary/aromatic N) is 3. The van der Waals surface area contributed by atoms with Crippen molar-refractivity contribution in [1.82, 2.24) is 0 Å². The van der Waals surface area contributed by atoms with Gasteiger partial charge in [-0.15, -0.1) is 0 Å². The van der Waals surface area contributed by atoms with Crippen molar-refractivity contribution in [3.05, 3.63) is 101 Å². The molecule has 1 N–H and O–H groups in total. The Bertz CT molecular complexity index is 1250. The van der Waals surface area contributed by atoms with Crippen molar-refractivity contribution in [1.29, 1.82) is 0 Å². The van der Waals surface area contributed by atoms with Crippen LogP contribution in [-0.2, 0) is 0 Å². The second-order valence-corrected chi connectivity index (χ2v) is 7.39. The predicted molar refractivity (Wildman–Crippen MR) is 113 cm³/mol. The van der Waals surface area contributed by atoms with Gasteiger partial charge in [-0.1, -0.05) is 24.3 Å². The summed E-state index contributed by atoms with van der Waals surface area (Å²) in [7, 11) is 0. The molecule has 3 aromatic carbocycles. The van der Waals surface area contributed by atoms with Crippen molar-refractivity contribution in [3.63, 3.8) is 0 Å². The van der Waals surface area contributed by atoms with Crippen molar-refractivity contribution >= 4 is 23.1 Å². The maximum Gasteiger partial charge on any atom is 0.335 e. The molecular weight excluding hydrogens is 397 g/mol. The van der Waals surface area contributed by atoms with Crippen LogP contribution in [0.1, 0.15) is 27.5 Å². The number of carboxylic acids is 1. The molecule has 0 amide bonds. The molecule has 152 valence electrons. The minimum absolute atomic E-state index is 0.130. The largest absolute Gasteiger partial charge is 0.492 e. The highest BCUT2D eigenvalue weighted by atomic mass is 19.1. The fourth-order valence-electron chi connectivity index (χ4n) is 4.09. The van der Waals surface area contributed by atoms with E-state index >= 15 is 0 Å². The van der Waals surface area contributed by atoms with Gasteiger partial charge in [0.25, 0.3) is 0 Å². The van der Waals surface area contributed by atoms with Gasteiger partial charge in [-0.25, -0.2) is 14.0 Å². The molecule has 3 aromatic rings. The molecule has 0 saturated heterocycles. The van der Waals surface area contributed by atoms with E-state index in [2.05, 4.69) is 4.85 Å². The highest BCUT2D eigenvalue weighted by Crippen LogP contribution is 2.44. The van der Waals surface area contributed by atoms with Crippen LogP contribution in [-0.4, -0.2) is 23.4 Å². The molecule has 0 aliphatic carbocycles. The van der Waals surface area contributed by atoms with E-state index in [1.165, 1.54) is 24.3 Å². The molecular formula is C24H16FN3O3. The molecule has 2 atom stereocenters. The third kappa shape index (κ3) is 3.19. The van der Waals surface area contributed by atoms with Crippen LogP contribution in [0.2, 0.25) is 0 Å². The molecule has 6 nitrogen and oxygen atoms in total. The molecule has 0 unspecified atom stereocenters. The number of hydrogen-bond donors (Lipinski definition) is 1. The standard InChI is InChI=1S/C24H16FN3O3/c1-26-17-7-9-18(10-8-17)28-23(14-2-5-16(25)6-3-14)20-13-31-21-12-15(24(29)30)4-11-19(21)22(20)27-28/h2-12,20,23H,13H2,(H,29,30)/t20-,23-/m0/s1. The average Bonchev–Trinajstić information content (AvgIpc) is 3.19. The Morgan fingerprint density at radius 2 is 1.87 bits per heavy atom. The number of hydrogen-bond acceptors (Lipinski definition) is 4. The Balaban J connectivity index is 1.62. The van der Waals surface area contributed by atoms with Gasteiger partial charge in [-0.3, -0.25) is 5.01 Å². The van der Waals surface area contributed by atoms with Crippen molar-refractivity contribution < 1.29 is 19.0 Å². The van der Waals surface area contributed by atoms with Gasteiger partial charge in [0.15, 0.2) is 5.69 Å². The molecule has 0 saturated carbocycles. The maximum atomic E-state index is 13.6. The van der Waals surface area contributed by atoms with Crippen LogP contribution < -0.4 is 9.75 Å². The van der Waals surface area contributed by atoms with Crippen molar-refractivity contribution in [2.45, 2.75) is 6.04 Å². The van der Waals surface area contributed by atoms with E-state index in [0.717, 1.165) is 22.5 Å². The van der Waals surface area contributed by atoms with Gasteiger partial charge in [0.2, 0.25) is 0 Å². The van der Waals surface area contributed by atoms with E-state index in [1.54, 1.807) is 30.3 Å². The van der Waals surface area contributed by atoms with Crippen molar-refractivity contribution in [2.24, 2.45) is 11.0 Å². The van der Waals surface area contributed by atoms with Crippen LogP contribution in [0.15, 0.2) is 71.8 Å². The van der Waals surface area contributed by atoms with Gasteiger partial charge in [0, 0.05) is 5.56 Å². The topological polar surface area (TPSA) is 66.5 Å². The predicted octanol–water partition coefficient (Wildman–Crippen LogP) is 5.05. The average molecular weight is 413 g/mol. The van der Waals surface area contributed by atoms with E-state index in [0.29, 0.717) is 18.0 Å². The van der Waals surface area contributed by atoms with E-state index < -0.39 is 5.97 Å². The molecule has 7 heteroatoms. The maximum absolute atomic E-state index is 13.6. The number of rotatable bonds is 3. The minimum atomic E-state index is -1.02. The van der Waals surface area contributed by atoms with Crippen LogP contribution in [0.4, 0.5) is 15.8 Å².